The molecule has 1 aromatic carbocycles. The van der Waals surface area contributed by atoms with E-state index < -0.39 is 5.54 Å². The summed E-state index contributed by atoms with van der Waals surface area (Å²) in [4.78, 5) is 16.8. The molecule has 2 aliphatic rings. The van der Waals surface area contributed by atoms with Gasteiger partial charge in [0.25, 0.3) is 0 Å². The second-order valence-corrected chi connectivity index (χ2v) is 7.76. The second-order valence-electron chi connectivity index (χ2n) is 7.76. The van der Waals surface area contributed by atoms with Gasteiger partial charge in [-0.3, -0.25) is 14.6 Å². The van der Waals surface area contributed by atoms with Crippen LogP contribution >= 0.6 is 0 Å². The van der Waals surface area contributed by atoms with Gasteiger partial charge in [0.2, 0.25) is 12.7 Å². The Hall–Kier alpha value is -2.30. The maximum atomic E-state index is 12.3. The Bertz CT molecular complexity index is 722. The lowest BCUT2D eigenvalue weighted by Gasteiger charge is -2.35. The number of hydrogen-bond acceptors (Lipinski definition) is 6. The van der Waals surface area contributed by atoms with E-state index in [1.807, 2.05) is 26.0 Å². The van der Waals surface area contributed by atoms with Crippen LogP contribution in [0.25, 0.3) is 0 Å². The van der Waals surface area contributed by atoms with Crippen LogP contribution in [0, 0.1) is 17.2 Å². The number of piperazine rings is 1. The van der Waals surface area contributed by atoms with Crippen molar-refractivity contribution in [2.45, 2.75) is 32.9 Å². The molecule has 0 unspecified atom stereocenters. The van der Waals surface area contributed by atoms with E-state index in [0.29, 0.717) is 13.3 Å². The van der Waals surface area contributed by atoms with Crippen LogP contribution in [0.5, 0.6) is 11.5 Å². The molecule has 7 heteroatoms. The first-order chi connectivity index (χ1) is 12.9. The van der Waals surface area contributed by atoms with Gasteiger partial charge >= 0.3 is 0 Å². The lowest BCUT2D eigenvalue weighted by Crippen LogP contribution is -2.54. The van der Waals surface area contributed by atoms with Crippen molar-refractivity contribution < 1.29 is 14.3 Å². The van der Waals surface area contributed by atoms with Gasteiger partial charge in [0, 0.05) is 32.7 Å². The summed E-state index contributed by atoms with van der Waals surface area (Å²) in [7, 11) is 0. The predicted octanol–water partition coefficient (Wildman–Crippen LogP) is 1.59. The first-order valence-corrected chi connectivity index (χ1v) is 9.45. The third-order valence-electron chi connectivity index (χ3n) is 5.46. The van der Waals surface area contributed by atoms with Crippen molar-refractivity contribution in [1.82, 2.24) is 15.1 Å². The van der Waals surface area contributed by atoms with Gasteiger partial charge in [-0.05, 0) is 30.5 Å². The molecule has 1 saturated heterocycles. The Kier molecular flexibility index (Phi) is 5.88. The first-order valence-electron chi connectivity index (χ1n) is 9.45. The largest absolute Gasteiger partial charge is 0.454 e. The van der Waals surface area contributed by atoms with Crippen LogP contribution in [0.15, 0.2) is 18.2 Å². The maximum absolute atomic E-state index is 12.3. The molecule has 2 aliphatic heterocycles. The van der Waals surface area contributed by atoms with Gasteiger partial charge in [-0.25, -0.2) is 0 Å². The van der Waals surface area contributed by atoms with E-state index in [1.54, 1.807) is 6.92 Å². The van der Waals surface area contributed by atoms with Crippen LogP contribution < -0.4 is 14.8 Å². The molecule has 27 heavy (non-hydrogen) atoms. The molecule has 1 atom stereocenters. The number of rotatable bonds is 6. The zero-order valence-corrected chi connectivity index (χ0v) is 16.3. The fraction of sp³-hybridized carbons (Fsp3) is 0.600. The monoisotopic (exact) mass is 372 g/mol. The highest BCUT2D eigenvalue weighted by molar-refractivity contribution is 5.79. The first kappa shape index (κ1) is 19.5. The number of nitrogens with one attached hydrogen (secondary N) is 1. The Balaban J connectivity index is 1.45. The Morgan fingerprint density at radius 3 is 2.56 bits per heavy atom. The quantitative estimate of drug-likeness (QED) is 0.817. The van der Waals surface area contributed by atoms with Crippen LogP contribution in [0.4, 0.5) is 0 Å². The molecule has 146 valence electrons. The number of ether oxygens (including phenoxy) is 2. The van der Waals surface area contributed by atoms with Crippen molar-refractivity contribution in [3.05, 3.63) is 23.8 Å². The molecule has 1 N–H and O–H groups in total. The topological polar surface area (TPSA) is 77.8 Å². The fourth-order valence-electron chi connectivity index (χ4n) is 3.24. The van der Waals surface area contributed by atoms with E-state index in [-0.39, 0.29) is 11.8 Å². The molecule has 0 aromatic heterocycles. The summed E-state index contributed by atoms with van der Waals surface area (Å²) in [6, 6.07) is 8.29. The number of nitrogens with zero attached hydrogens (tertiary/aromatic N) is 3. The minimum Gasteiger partial charge on any atom is -0.454 e. The fourth-order valence-corrected chi connectivity index (χ4v) is 3.24. The highest BCUT2D eigenvalue weighted by Gasteiger charge is 2.30. The summed E-state index contributed by atoms with van der Waals surface area (Å²) in [6.45, 7) is 10.6. The molecular formula is C20H28N4O3. The number of amides is 1. The van der Waals surface area contributed by atoms with Crippen molar-refractivity contribution in [1.29, 1.82) is 5.26 Å². The van der Waals surface area contributed by atoms with E-state index in [1.165, 1.54) is 5.56 Å². The number of hydrogen-bond donors (Lipinski definition) is 1. The molecule has 0 radical (unpaired) electrons. The minimum atomic E-state index is -0.821. The van der Waals surface area contributed by atoms with E-state index in [0.717, 1.165) is 44.2 Å². The summed E-state index contributed by atoms with van der Waals surface area (Å²) < 4.78 is 10.8. The Labute approximate surface area is 160 Å². The van der Waals surface area contributed by atoms with Crippen molar-refractivity contribution >= 4 is 5.91 Å². The molecular weight excluding hydrogens is 344 g/mol. The van der Waals surface area contributed by atoms with Crippen LogP contribution in [0.1, 0.15) is 26.3 Å². The zero-order valence-electron chi connectivity index (χ0n) is 16.3. The average molecular weight is 372 g/mol. The normalized spacial score (nSPS) is 19.5. The van der Waals surface area contributed by atoms with Crippen LogP contribution in [0.2, 0.25) is 0 Å². The Morgan fingerprint density at radius 2 is 1.89 bits per heavy atom. The highest BCUT2D eigenvalue weighted by atomic mass is 16.7. The lowest BCUT2D eigenvalue weighted by molar-refractivity contribution is -0.124. The molecule has 1 fully saturated rings. The summed E-state index contributed by atoms with van der Waals surface area (Å²) in [5, 5.41) is 12.2. The molecule has 7 nitrogen and oxygen atoms in total. The van der Waals surface area contributed by atoms with Gasteiger partial charge in [0.15, 0.2) is 11.5 Å². The third-order valence-corrected chi connectivity index (χ3v) is 5.46. The summed E-state index contributed by atoms with van der Waals surface area (Å²) in [5.41, 5.74) is 0.380. The van der Waals surface area contributed by atoms with Crippen molar-refractivity contribution in [3.8, 4) is 17.6 Å². The molecule has 0 spiro atoms. The van der Waals surface area contributed by atoms with Gasteiger partial charge in [0.1, 0.15) is 5.54 Å². The molecule has 0 aliphatic carbocycles. The standard InChI is InChI=1S/C20H28N4O3/c1-15(2)20(3,13-21)22-19(25)12-24-8-6-23(7-9-24)11-16-4-5-17-18(10-16)27-14-26-17/h4-5,10,15H,6-9,11-12,14H2,1-3H3,(H,22,25)/t20-/m1/s1. The molecule has 2 heterocycles. The number of fused-ring (bicyclic) bond motifs is 1. The number of carbonyl (C=O) groups is 1. The van der Waals surface area contributed by atoms with Crippen molar-refractivity contribution in [2.75, 3.05) is 39.5 Å². The summed E-state index contributed by atoms with van der Waals surface area (Å²) in [6.07, 6.45) is 0. The number of nitriles is 1. The zero-order chi connectivity index (χ0) is 19.4. The van der Waals surface area contributed by atoms with E-state index in [4.69, 9.17) is 9.47 Å². The van der Waals surface area contributed by atoms with E-state index >= 15 is 0 Å². The molecule has 1 amide bonds. The van der Waals surface area contributed by atoms with E-state index in [9.17, 15) is 10.1 Å². The minimum absolute atomic E-state index is 0.0602. The van der Waals surface area contributed by atoms with Crippen LogP contribution in [0.3, 0.4) is 0 Å². The second kappa shape index (κ2) is 8.15. The Morgan fingerprint density at radius 1 is 1.22 bits per heavy atom. The lowest BCUT2D eigenvalue weighted by atomic mass is 9.90. The SMILES string of the molecule is CC(C)[C@@](C)(C#N)NC(=O)CN1CCN(Cc2ccc3c(c2)OCO3)CC1. The summed E-state index contributed by atoms with van der Waals surface area (Å²) >= 11 is 0. The van der Waals surface area contributed by atoms with Crippen LogP contribution in [-0.2, 0) is 11.3 Å². The van der Waals surface area contributed by atoms with Gasteiger partial charge in [-0.2, -0.15) is 5.26 Å². The van der Waals surface area contributed by atoms with Crippen molar-refractivity contribution in [2.24, 2.45) is 5.92 Å². The smallest absolute Gasteiger partial charge is 0.235 e. The van der Waals surface area contributed by atoms with Gasteiger partial charge in [-0.1, -0.05) is 19.9 Å². The summed E-state index contributed by atoms with van der Waals surface area (Å²) in [5.74, 6) is 1.59. The van der Waals surface area contributed by atoms with Crippen molar-refractivity contribution in [3.63, 3.8) is 0 Å². The van der Waals surface area contributed by atoms with Crippen LogP contribution in [-0.4, -0.2) is 60.8 Å². The molecule has 0 bridgehead atoms. The molecule has 1 aromatic rings. The number of benzene rings is 1. The van der Waals surface area contributed by atoms with Gasteiger partial charge in [0.05, 0.1) is 12.6 Å². The average Bonchev–Trinajstić information content (AvgIpc) is 3.10. The molecule has 3 rings (SSSR count). The number of carbonyl (C=O) groups excluding carboxylic acids is 1. The third kappa shape index (κ3) is 4.71. The highest BCUT2D eigenvalue weighted by Crippen LogP contribution is 2.32. The predicted molar refractivity (Wildman–Crippen MR) is 101 cm³/mol. The van der Waals surface area contributed by atoms with E-state index in [2.05, 4.69) is 27.3 Å². The molecule has 0 saturated carbocycles. The maximum Gasteiger partial charge on any atom is 0.235 e. The van der Waals surface area contributed by atoms with Gasteiger partial charge < -0.3 is 14.8 Å². The van der Waals surface area contributed by atoms with Gasteiger partial charge in [-0.15, -0.1) is 0 Å².